The van der Waals surface area contributed by atoms with Crippen molar-refractivity contribution in [2.75, 3.05) is 0 Å². The molecule has 6 aliphatic carbocycles. The summed E-state index contributed by atoms with van der Waals surface area (Å²) in [7, 11) is 0. The monoisotopic (exact) mass is 775 g/mol. The van der Waals surface area contributed by atoms with Gasteiger partial charge in [0, 0.05) is 5.92 Å². The van der Waals surface area contributed by atoms with Crippen LogP contribution in [0.25, 0.3) is 0 Å². The second-order valence-electron chi connectivity index (χ2n) is 21.7. The molecule has 8 rings (SSSR count). The fourth-order valence-electron chi connectivity index (χ4n) is 14.6. The van der Waals surface area contributed by atoms with Gasteiger partial charge in [-0.25, -0.2) is 0 Å². The molecule has 56 heavy (non-hydrogen) atoms. The Balaban J connectivity index is 1.05. The van der Waals surface area contributed by atoms with E-state index in [1.807, 2.05) is 0 Å². The van der Waals surface area contributed by atoms with Crippen LogP contribution in [0.3, 0.4) is 0 Å². The summed E-state index contributed by atoms with van der Waals surface area (Å²) >= 11 is 0. The number of fused-ring (bicyclic) bond motifs is 6. The Morgan fingerprint density at radius 3 is 1.80 bits per heavy atom. The van der Waals surface area contributed by atoms with E-state index < -0.39 is 36.0 Å². The number of carbonyl (C=O) groups is 4. The van der Waals surface area contributed by atoms with Gasteiger partial charge in [-0.15, -0.1) is 0 Å². The first-order valence-electron chi connectivity index (χ1n) is 22.8. The smallest absolute Gasteiger partial charge is 0.352 e. The maximum absolute atomic E-state index is 14.4. The molecule has 10 atom stereocenters. The lowest BCUT2D eigenvalue weighted by Gasteiger charge is -2.57. The van der Waals surface area contributed by atoms with Gasteiger partial charge in [-0.3, -0.25) is 19.2 Å². The summed E-state index contributed by atoms with van der Waals surface area (Å²) in [6, 6.07) is 0. The molecule has 0 amide bonds. The Labute approximate surface area is 336 Å². The number of allylic oxidation sites excluding steroid dienone is 4. The van der Waals surface area contributed by atoms with Crippen LogP contribution < -0.4 is 0 Å². The Morgan fingerprint density at radius 2 is 1.18 bits per heavy atom. The Morgan fingerprint density at radius 1 is 0.589 bits per heavy atom. The Bertz CT molecular complexity index is 1630. The van der Waals surface area contributed by atoms with Gasteiger partial charge in [-0.1, -0.05) is 91.0 Å². The quantitative estimate of drug-likeness (QED) is 0.205. The molecule has 8 heteroatoms. The normalized spacial score (nSPS) is 42.4. The highest BCUT2D eigenvalue weighted by atomic mass is 17.0. The predicted octanol–water partition coefficient (Wildman–Crippen LogP) is 10.5. The molecular formula is C48H70O8. The van der Waals surface area contributed by atoms with E-state index in [4.69, 9.17) is 18.9 Å². The Hall–Kier alpha value is -2.64. The van der Waals surface area contributed by atoms with Crippen molar-refractivity contribution in [1.29, 1.82) is 0 Å². The van der Waals surface area contributed by atoms with Crippen molar-refractivity contribution in [3.8, 4) is 0 Å². The maximum Gasteiger partial charge on any atom is 0.619 e. The van der Waals surface area contributed by atoms with E-state index in [1.54, 1.807) is 0 Å². The van der Waals surface area contributed by atoms with Gasteiger partial charge in [0.05, 0.1) is 25.2 Å². The standard InChI is InChI=1S/C48H70O8/c1-26(2)28-13-14-32-34-12-10-20-47(7,8)40(34)24-37(36(32)21-28)38-25-43(51)55-48(56-45(38)52)53-41(49)22-29(23-42(50)54-48)44-30(27(3)4)15-16-31-33-11-9-19-46(5,6)39(33)18-17-35(31)44/h21,26-27,29,31-40H,9-20,22-25H2,1-8H3. The topological polar surface area (TPSA) is 105 Å². The van der Waals surface area contributed by atoms with Crippen LogP contribution in [0.1, 0.15) is 158 Å². The van der Waals surface area contributed by atoms with Crippen molar-refractivity contribution in [2.24, 2.45) is 87.8 Å². The van der Waals surface area contributed by atoms with E-state index >= 15 is 0 Å². The van der Waals surface area contributed by atoms with Gasteiger partial charge in [-0.2, -0.15) is 0 Å². The molecule has 1 spiro atoms. The van der Waals surface area contributed by atoms with Crippen LogP contribution in [-0.2, 0) is 38.1 Å². The molecule has 2 saturated heterocycles. The van der Waals surface area contributed by atoms with E-state index in [9.17, 15) is 19.2 Å². The molecule has 0 aromatic heterocycles. The third kappa shape index (κ3) is 7.22. The fraction of sp³-hybridized carbons (Fsp3) is 0.833. The molecular weight excluding hydrogens is 705 g/mol. The molecule has 8 aliphatic rings. The largest absolute Gasteiger partial charge is 0.619 e. The lowest BCUT2D eigenvalue weighted by Crippen LogP contribution is -2.52. The van der Waals surface area contributed by atoms with Crippen molar-refractivity contribution in [3.63, 3.8) is 0 Å². The molecule has 0 aromatic rings. The van der Waals surface area contributed by atoms with Gasteiger partial charge in [0.15, 0.2) is 0 Å². The van der Waals surface area contributed by atoms with Crippen molar-refractivity contribution >= 4 is 23.9 Å². The van der Waals surface area contributed by atoms with Crippen molar-refractivity contribution in [1.82, 2.24) is 0 Å². The summed E-state index contributed by atoms with van der Waals surface area (Å²) in [5.74, 6) is 0.360. The van der Waals surface area contributed by atoms with Crippen molar-refractivity contribution in [3.05, 3.63) is 22.8 Å². The number of carbonyl (C=O) groups excluding carboxylic acids is 4. The van der Waals surface area contributed by atoms with Crippen LogP contribution in [0, 0.1) is 87.8 Å². The highest BCUT2D eigenvalue weighted by molar-refractivity contribution is 5.83. The van der Waals surface area contributed by atoms with Gasteiger partial charge in [0.1, 0.15) is 0 Å². The van der Waals surface area contributed by atoms with Gasteiger partial charge >= 0.3 is 30.0 Å². The number of ether oxygens (including phenoxy) is 4. The molecule has 0 N–H and O–H groups in total. The summed E-state index contributed by atoms with van der Waals surface area (Å²) < 4.78 is 23.1. The molecule has 0 aromatic carbocycles. The average molecular weight is 775 g/mol. The fourth-order valence-corrected chi connectivity index (χ4v) is 14.6. The van der Waals surface area contributed by atoms with E-state index in [1.165, 1.54) is 55.2 Å². The molecule has 2 heterocycles. The number of hydrogen-bond acceptors (Lipinski definition) is 8. The maximum atomic E-state index is 14.4. The minimum absolute atomic E-state index is 0.0585. The SMILES string of the molecule is CC(C)C1=CC2C(C3CC(=O)OC4(OC(=O)CC(C5=C(C(C)C)CCC6C5CCC5C6CCCC5(C)C)CC(=O)O4)OC3=O)CC3C(CCCC3(C)C)C2CC1. The van der Waals surface area contributed by atoms with Crippen LogP contribution >= 0.6 is 0 Å². The van der Waals surface area contributed by atoms with Gasteiger partial charge < -0.3 is 18.9 Å². The minimum Gasteiger partial charge on any atom is -0.352 e. The lowest BCUT2D eigenvalue weighted by atomic mass is 9.48. The van der Waals surface area contributed by atoms with Crippen LogP contribution in [0.4, 0.5) is 0 Å². The third-order valence-corrected chi connectivity index (χ3v) is 17.2. The zero-order valence-corrected chi connectivity index (χ0v) is 35.7. The van der Waals surface area contributed by atoms with Crippen LogP contribution in [0.2, 0.25) is 0 Å². The summed E-state index contributed by atoms with van der Waals surface area (Å²) in [6.45, 7) is 18.5. The number of rotatable bonds is 4. The zero-order valence-electron chi connectivity index (χ0n) is 35.7. The third-order valence-electron chi connectivity index (χ3n) is 17.2. The highest BCUT2D eigenvalue weighted by Crippen LogP contribution is 2.62. The number of esters is 4. The molecule has 310 valence electrons. The summed E-state index contributed by atoms with van der Waals surface area (Å²) in [5.41, 5.74) is 4.50. The van der Waals surface area contributed by atoms with Gasteiger partial charge in [0.25, 0.3) is 0 Å². The van der Waals surface area contributed by atoms with Crippen LogP contribution in [0.15, 0.2) is 22.8 Å². The van der Waals surface area contributed by atoms with Gasteiger partial charge in [0.2, 0.25) is 0 Å². The van der Waals surface area contributed by atoms with E-state index in [0.29, 0.717) is 58.7 Å². The summed E-state index contributed by atoms with van der Waals surface area (Å²) in [6.07, 6.45) is 14.0. The second-order valence-corrected chi connectivity index (χ2v) is 21.7. The number of hydrogen-bond donors (Lipinski definition) is 0. The molecule has 8 nitrogen and oxygen atoms in total. The van der Waals surface area contributed by atoms with Crippen molar-refractivity contribution in [2.45, 2.75) is 164 Å². The van der Waals surface area contributed by atoms with E-state index in [-0.39, 0.29) is 42.4 Å². The molecule has 6 fully saturated rings. The van der Waals surface area contributed by atoms with Crippen LogP contribution in [0.5, 0.6) is 0 Å². The van der Waals surface area contributed by atoms with Crippen LogP contribution in [-0.4, -0.2) is 30.0 Å². The van der Waals surface area contributed by atoms with E-state index in [0.717, 1.165) is 44.9 Å². The predicted molar refractivity (Wildman–Crippen MR) is 212 cm³/mol. The average Bonchev–Trinajstić information content (AvgIpc) is 3.23. The summed E-state index contributed by atoms with van der Waals surface area (Å²) in [5, 5.41) is 0. The summed E-state index contributed by atoms with van der Waals surface area (Å²) in [4.78, 5) is 56.3. The highest BCUT2D eigenvalue weighted by Gasteiger charge is 2.60. The molecule has 2 aliphatic heterocycles. The first-order chi connectivity index (χ1) is 26.5. The van der Waals surface area contributed by atoms with Crippen molar-refractivity contribution < 1.29 is 38.1 Å². The van der Waals surface area contributed by atoms with E-state index in [2.05, 4.69) is 61.5 Å². The first kappa shape index (κ1) is 40.2. The molecule has 4 saturated carbocycles. The molecule has 0 bridgehead atoms. The molecule has 10 unspecified atom stereocenters. The minimum atomic E-state index is -2.84. The molecule has 0 radical (unpaired) electrons. The first-order valence-corrected chi connectivity index (χ1v) is 22.8. The zero-order chi connectivity index (χ0) is 39.9. The van der Waals surface area contributed by atoms with Gasteiger partial charge in [-0.05, 0) is 147 Å². The second kappa shape index (κ2) is 14.9. The Kier molecular flexibility index (Phi) is 10.7. The lowest BCUT2D eigenvalue weighted by molar-refractivity contribution is -0.431.